The molecular weight excluding hydrogens is 238 g/mol. The highest BCUT2D eigenvalue weighted by atomic mass is 35.5. The third-order valence-corrected chi connectivity index (χ3v) is 3.13. The summed E-state index contributed by atoms with van der Waals surface area (Å²) in [6.07, 6.45) is 2.61. The lowest BCUT2D eigenvalue weighted by molar-refractivity contribution is 0.0697. The Labute approximate surface area is 104 Å². The first-order valence-electron chi connectivity index (χ1n) is 5.52. The summed E-state index contributed by atoms with van der Waals surface area (Å²) in [5, 5.41) is 10.2. The van der Waals surface area contributed by atoms with E-state index in [0.29, 0.717) is 10.9 Å². The molecule has 0 saturated carbocycles. The number of nitrogens with one attached hydrogen (secondary N) is 1. The second-order valence-corrected chi connectivity index (χ2v) is 4.94. The number of hydrogen-bond acceptors (Lipinski definition) is 1. The molecule has 2 rings (SSSR count). The van der Waals surface area contributed by atoms with E-state index >= 15 is 0 Å². The largest absolute Gasteiger partial charge is 0.478 e. The Bertz CT molecular complexity index is 572. The minimum Gasteiger partial charge on any atom is -0.478 e. The summed E-state index contributed by atoms with van der Waals surface area (Å²) >= 11 is 6.09. The Morgan fingerprint density at radius 1 is 1.53 bits per heavy atom. The van der Waals surface area contributed by atoms with E-state index in [1.54, 1.807) is 12.3 Å². The first kappa shape index (κ1) is 12.0. The SMILES string of the molecule is CC(C)Cc1cc(C(=O)O)c(Cl)c2cc[nH]c12. The van der Waals surface area contributed by atoms with E-state index in [0.717, 1.165) is 22.9 Å². The van der Waals surface area contributed by atoms with Gasteiger partial charge in [-0.15, -0.1) is 0 Å². The van der Waals surface area contributed by atoms with E-state index in [4.69, 9.17) is 16.7 Å². The third-order valence-electron chi connectivity index (χ3n) is 2.72. The van der Waals surface area contributed by atoms with Gasteiger partial charge in [0, 0.05) is 11.6 Å². The number of halogens is 1. The number of fused-ring (bicyclic) bond motifs is 1. The molecule has 0 aliphatic rings. The molecule has 0 aliphatic carbocycles. The van der Waals surface area contributed by atoms with Gasteiger partial charge in [0.15, 0.2) is 0 Å². The Balaban J connectivity index is 2.69. The van der Waals surface area contributed by atoms with Crippen LogP contribution in [-0.2, 0) is 6.42 Å². The van der Waals surface area contributed by atoms with Gasteiger partial charge in [-0.3, -0.25) is 0 Å². The zero-order valence-corrected chi connectivity index (χ0v) is 10.5. The molecule has 90 valence electrons. The first-order valence-corrected chi connectivity index (χ1v) is 5.90. The molecule has 17 heavy (non-hydrogen) atoms. The molecule has 0 saturated heterocycles. The summed E-state index contributed by atoms with van der Waals surface area (Å²) in [5.74, 6) is -0.521. The maximum Gasteiger partial charge on any atom is 0.337 e. The van der Waals surface area contributed by atoms with Crippen LogP contribution in [0.2, 0.25) is 5.02 Å². The fourth-order valence-electron chi connectivity index (χ4n) is 2.03. The van der Waals surface area contributed by atoms with Crippen molar-refractivity contribution in [3.63, 3.8) is 0 Å². The predicted molar refractivity (Wildman–Crippen MR) is 68.8 cm³/mol. The summed E-state index contributed by atoms with van der Waals surface area (Å²) < 4.78 is 0. The van der Waals surface area contributed by atoms with Crippen LogP contribution < -0.4 is 0 Å². The maximum atomic E-state index is 11.1. The molecule has 0 fully saturated rings. The highest BCUT2D eigenvalue weighted by Crippen LogP contribution is 2.31. The molecule has 0 amide bonds. The number of aromatic carboxylic acids is 1. The zero-order valence-electron chi connectivity index (χ0n) is 9.75. The van der Waals surface area contributed by atoms with Gasteiger partial charge in [0.1, 0.15) is 0 Å². The number of hydrogen-bond donors (Lipinski definition) is 2. The molecule has 4 heteroatoms. The predicted octanol–water partition coefficient (Wildman–Crippen LogP) is 3.72. The van der Waals surface area contributed by atoms with Gasteiger partial charge in [0.2, 0.25) is 0 Å². The fourth-order valence-corrected chi connectivity index (χ4v) is 2.32. The number of carboxylic acid groups (broad SMARTS) is 1. The van der Waals surface area contributed by atoms with Crippen LogP contribution in [0.3, 0.4) is 0 Å². The smallest absolute Gasteiger partial charge is 0.337 e. The maximum absolute atomic E-state index is 11.1. The average Bonchev–Trinajstić information content (AvgIpc) is 2.70. The van der Waals surface area contributed by atoms with Gasteiger partial charge in [-0.1, -0.05) is 25.4 Å². The van der Waals surface area contributed by atoms with Crippen LogP contribution in [-0.4, -0.2) is 16.1 Å². The Morgan fingerprint density at radius 2 is 2.24 bits per heavy atom. The highest BCUT2D eigenvalue weighted by molar-refractivity contribution is 6.38. The van der Waals surface area contributed by atoms with E-state index in [1.807, 2.05) is 6.07 Å². The van der Waals surface area contributed by atoms with Crippen molar-refractivity contribution in [2.24, 2.45) is 5.92 Å². The molecule has 2 N–H and O–H groups in total. The summed E-state index contributed by atoms with van der Waals surface area (Å²) in [5.41, 5.74) is 2.12. The van der Waals surface area contributed by atoms with Crippen LogP contribution in [0, 0.1) is 5.92 Å². The molecule has 0 aliphatic heterocycles. The van der Waals surface area contributed by atoms with E-state index < -0.39 is 5.97 Å². The number of benzene rings is 1. The van der Waals surface area contributed by atoms with Gasteiger partial charge < -0.3 is 10.1 Å². The second-order valence-electron chi connectivity index (χ2n) is 4.57. The van der Waals surface area contributed by atoms with Crippen LogP contribution in [0.5, 0.6) is 0 Å². The highest BCUT2D eigenvalue weighted by Gasteiger charge is 2.16. The molecule has 0 unspecified atom stereocenters. The van der Waals surface area contributed by atoms with Crippen molar-refractivity contribution in [2.45, 2.75) is 20.3 Å². The zero-order chi connectivity index (χ0) is 12.6. The van der Waals surface area contributed by atoms with Gasteiger partial charge in [-0.05, 0) is 30.0 Å². The molecule has 1 aromatic heterocycles. The third kappa shape index (κ3) is 2.15. The topological polar surface area (TPSA) is 53.1 Å². The van der Waals surface area contributed by atoms with Crippen molar-refractivity contribution in [1.82, 2.24) is 4.98 Å². The van der Waals surface area contributed by atoms with E-state index in [9.17, 15) is 4.79 Å². The van der Waals surface area contributed by atoms with Crippen LogP contribution >= 0.6 is 11.6 Å². The molecule has 1 heterocycles. The number of carboxylic acids is 1. The fraction of sp³-hybridized carbons (Fsp3) is 0.308. The number of rotatable bonds is 3. The molecular formula is C13H14ClNO2. The van der Waals surface area contributed by atoms with Crippen molar-refractivity contribution in [1.29, 1.82) is 0 Å². The second kappa shape index (κ2) is 4.41. The van der Waals surface area contributed by atoms with Gasteiger partial charge in [0.25, 0.3) is 0 Å². The summed E-state index contributed by atoms with van der Waals surface area (Å²) in [6, 6.07) is 3.48. The van der Waals surface area contributed by atoms with Crippen molar-refractivity contribution >= 4 is 28.5 Å². The van der Waals surface area contributed by atoms with Crippen LogP contribution in [0.25, 0.3) is 10.9 Å². The quantitative estimate of drug-likeness (QED) is 0.874. The van der Waals surface area contributed by atoms with Gasteiger partial charge in [-0.25, -0.2) is 4.79 Å². The number of aromatic amines is 1. The molecule has 0 radical (unpaired) electrons. The monoisotopic (exact) mass is 251 g/mol. The van der Waals surface area contributed by atoms with Gasteiger partial charge >= 0.3 is 5.97 Å². The van der Waals surface area contributed by atoms with Crippen LogP contribution in [0.1, 0.15) is 29.8 Å². The Hall–Kier alpha value is -1.48. The van der Waals surface area contributed by atoms with Crippen LogP contribution in [0.15, 0.2) is 18.3 Å². The van der Waals surface area contributed by atoms with Gasteiger partial charge in [0.05, 0.1) is 16.1 Å². The minimum atomic E-state index is -0.983. The number of carbonyl (C=O) groups is 1. The lowest BCUT2D eigenvalue weighted by atomic mass is 9.98. The number of H-pyrrole nitrogens is 1. The molecule has 3 nitrogen and oxygen atoms in total. The lowest BCUT2D eigenvalue weighted by Crippen LogP contribution is -2.02. The van der Waals surface area contributed by atoms with Crippen molar-refractivity contribution < 1.29 is 9.90 Å². The van der Waals surface area contributed by atoms with Crippen molar-refractivity contribution in [3.8, 4) is 0 Å². The van der Waals surface area contributed by atoms with Crippen molar-refractivity contribution in [2.75, 3.05) is 0 Å². The van der Waals surface area contributed by atoms with E-state index in [1.165, 1.54) is 0 Å². The van der Waals surface area contributed by atoms with Crippen LogP contribution in [0.4, 0.5) is 0 Å². The van der Waals surface area contributed by atoms with E-state index in [2.05, 4.69) is 18.8 Å². The molecule has 1 aromatic carbocycles. The Kier molecular flexibility index (Phi) is 3.11. The summed E-state index contributed by atoms with van der Waals surface area (Å²) in [7, 11) is 0. The summed E-state index contributed by atoms with van der Waals surface area (Å²) in [6.45, 7) is 4.20. The first-order chi connectivity index (χ1) is 8.00. The van der Waals surface area contributed by atoms with Gasteiger partial charge in [-0.2, -0.15) is 0 Å². The average molecular weight is 252 g/mol. The molecule has 2 aromatic rings. The summed E-state index contributed by atoms with van der Waals surface area (Å²) in [4.78, 5) is 14.3. The van der Waals surface area contributed by atoms with E-state index in [-0.39, 0.29) is 5.56 Å². The molecule has 0 atom stereocenters. The Morgan fingerprint density at radius 3 is 2.82 bits per heavy atom. The number of aromatic nitrogens is 1. The van der Waals surface area contributed by atoms with Crippen molar-refractivity contribution in [3.05, 3.63) is 34.5 Å². The standard InChI is InChI=1S/C13H14ClNO2/c1-7(2)5-8-6-10(13(16)17)11(14)9-3-4-15-12(8)9/h3-4,6-7,15H,5H2,1-2H3,(H,16,17). The molecule has 0 spiro atoms. The lowest BCUT2D eigenvalue weighted by Gasteiger charge is -2.10. The normalized spacial score (nSPS) is 11.3. The molecule has 0 bridgehead atoms. The minimum absolute atomic E-state index is 0.175.